The molecule has 0 amide bonds. The number of hydrogen-bond donors (Lipinski definition) is 2. The molecule has 1 saturated heterocycles. The fraction of sp³-hybridized carbons (Fsp3) is 0.619. The van der Waals surface area contributed by atoms with Gasteiger partial charge in [0.2, 0.25) is 0 Å². The molecule has 1 aliphatic heterocycles. The van der Waals surface area contributed by atoms with Crippen molar-refractivity contribution >= 4 is 41.3 Å². The first kappa shape index (κ1) is 24.1. The molecule has 1 fully saturated rings. The number of thiazole rings is 1. The zero-order valence-corrected chi connectivity index (χ0v) is 20.9. The number of nitrogens with zero attached hydrogens (tertiary/aromatic N) is 3. The molecule has 0 bridgehead atoms. The molecule has 1 atom stereocenters. The van der Waals surface area contributed by atoms with E-state index in [0.717, 1.165) is 50.7 Å². The van der Waals surface area contributed by atoms with E-state index in [1.54, 1.807) is 17.6 Å². The van der Waals surface area contributed by atoms with Crippen molar-refractivity contribution in [2.45, 2.75) is 52.5 Å². The van der Waals surface area contributed by atoms with E-state index in [9.17, 15) is 0 Å². The Morgan fingerprint density at radius 2 is 2.10 bits per heavy atom. The summed E-state index contributed by atoms with van der Waals surface area (Å²) in [5.74, 6) is 1.87. The van der Waals surface area contributed by atoms with Crippen LogP contribution in [0.25, 0.3) is 0 Å². The lowest BCUT2D eigenvalue weighted by atomic mass is 10.2. The molecule has 0 aliphatic carbocycles. The van der Waals surface area contributed by atoms with Crippen molar-refractivity contribution in [2.24, 2.45) is 4.99 Å². The van der Waals surface area contributed by atoms with Gasteiger partial charge in [0.1, 0.15) is 5.76 Å². The topological polar surface area (TPSA) is 65.7 Å². The monoisotopic (exact) mass is 531 g/mol. The lowest BCUT2D eigenvalue weighted by Crippen LogP contribution is -2.39. The molecule has 3 rings (SSSR count). The van der Waals surface area contributed by atoms with Crippen LogP contribution in [0.2, 0.25) is 0 Å². The zero-order valence-electron chi connectivity index (χ0n) is 17.7. The van der Waals surface area contributed by atoms with Gasteiger partial charge in [0.15, 0.2) is 5.96 Å². The van der Waals surface area contributed by atoms with E-state index in [1.165, 1.54) is 28.4 Å². The van der Waals surface area contributed by atoms with E-state index in [2.05, 4.69) is 42.4 Å². The Balaban J connectivity index is 0.00000300. The van der Waals surface area contributed by atoms with Gasteiger partial charge in [0.25, 0.3) is 0 Å². The maximum Gasteiger partial charge on any atom is 0.191 e. The quantitative estimate of drug-likeness (QED) is 0.289. The summed E-state index contributed by atoms with van der Waals surface area (Å²) in [5.41, 5.74) is 1.23. The van der Waals surface area contributed by atoms with Gasteiger partial charge in [0.05, 0.1) is 29.6 Å². The number of hydrogen-bond acceptors (Lipinski definition) is 5. The van der Waals surface area contributed by atoms with E-state index in [4.69, 9.17) is 14.4 Å². The van der Waals surface area contributed by atoms with E-state index in [-0.39, 0.29) is 30.0 Å². The molecule has 3 heterocycles. The molecule has 8 heteroatoms. The summed E-state index contributed by atoms with van der Waals surface area (Å²) in [6.45, 7) is 11.0. The summed E-state index contributed by atoms with van der Waals surface area (Å²) in [4.78, 5) is 13.4. The van der Waals surface area contributed by atoms with Gasteiger partial charge in [-0.05, 0) is 58.3 Å². The van der Waals surface area contributed by atoms with Crippen molar-refractivity contribution in [3.8, 4) is 0 Å². The van der Waals surface area contributed by atoms with Gasteiger partial charge in [-0.3, -0.25) is 9.89 Å². The predicted molar refractivity (Wildman–Crippen MR) is 132 cm³/mol. The molecule has 29 heavy (non-hydrogen) atoms. The second-order valence-corrected chi connectivity index (χ2v) is 8.42. The third-order valence-electron chi connectivity index (χ3n) is 5.12. The highest BCUT2D eigenvalue weighted by Crippen LogP contribution is 2.25. The smallest absolute Gasteiger partial charge is 0.191 e. The van der Waals surface area contributed by atoms with Gasteiger partial charge < -0.3 is 15.1 Å². The van der Waals surface area contributed by atoms with E-state index >= 15 is 0 Å². The van der Waals surface area contributed by atoms with Crippen LogP contribution >= 0.6 is 35.3 Å². The number of halogens is 1. The lowest BCUT2D eigenvalue weighted by molar-refractivity contribution is 0.221. The first-order valence-corrected chi connectivity index (χ1v) is 11.3. The Bertz CT molecular complexity index is 740. The molecule has 0 aromatic carbocycles. The van der Waals surface area contributed by atoms with Gasteiger partial charge in [-0.2, -0.15) is 0 Å². The van der Waals surface area contributed by atoms with Crippen LogP contribution in [0, 0.1) is 6.92 Å². The molecule has 2 aromatic heterocycles. The van der Waals surface area contributed by atoms with Crippen LogP contribution in [0.3, 0.4) is 0 Å². The van der Waals surface area contributed by atoms with Crippen LogP contribution in [0.1, 0.15) is 54.1 Å². The number of nitrogens with one attached hydrogen (secondary N) is 2. The highest BCUT2D eigenvalue weighted by molar-refractivity contribution is 14.0. The van der Waals surface area contributed by atoms with Gasteiger partial charge in [0, 0.05) is 24.4 Å². The van der Waals surface area contributed by atoms with Crippen molar-refractivity contribution in [3.63, 3.8) is 0 Å². The predicted octanol–water partition coefficient (Wildman–Crippen LogP) is 4.16. The zero-order chi connectivity index (χ0) is 19.8. The largest absolute Gasteiger partial charge is 0.468 e. The Kier molecular flexibility index (Phi) is 10.4. The van der Waals surface area contributed by atoms with Crippen LogP contribution in [0.4, 0.5) is 0 Å². The second-order valence-electron chi connectivity index (χ2n) is 7.13. The standard InChI is InChI=1S/C21H33N5OS.HI/c1-4-17-16(3)28-20(25-17)10-11-23-21(22-5-2)24-15-18(19-9-8-14-27-19)26-12-6-7-13-26;/h8-9,14,18H,4-7,10-13,15H2,1-3H3,(H2,22,23,24);1H. The van der Waals surface area contributed by atoms with Gasteiger partial charge in [-0.1, -0.05) is 6.92 Å². The number of aliphatic imine (C=N–C) groups is 1. The number of aryl methyl sites for hydroxylation is 2. The van der Waals surface area contributed by atoms with E-state index in [0.29, 0.717) is 6.54 Å². The molecule has 0 radical (unpaired) electrons. The van der Waals surface area contributed by atoms with Crippen LogP contribution in [-0.2, 0) is 12.8 Å². The molecule has 2 aromatic rings. The Hall–Kier alpha value is -1.13. The third-order valence-corrected chi connectivity index (χ3v) is 6.20. The first-order chi connectivity index (χ1) is 13.7. The average molecular weight is 532 g/mol. The summed E-state index contributed by atoms with van der Waals surface area (Å²) in [5, 5.41) is 8.02. The number of rotatable bonds is 9. The van der Waals surface area contributed by atoms with Gasteiger partial charge in [-0.15, -0.1) is 35.3 Å². The minimum atomic E-state index is 0. The normalized spacial score (nSPS) is 15.9. The Morgan fingerprint density at radius 3 is 2.72 bits per heavy atom. The number of likely N-dealkylation sites (tertiary alicyclic amines) is 1. The lowest BCUT2D eigenvalue weighted by Gasteiger charge is -2.24. The maximum atomic E-state index is 5.70. The number of furan rings is 1. The summed E-state index contributed by atoms with van der Waals surface area (Å²) in [6, 6.07) is 4.24. The summed E-state index contributed by atoms with van der Waals surface area (Å²) >= 11 is 1.81. The molecule has 6 nitrogen and oxygen atoms in total. The van der Waals surface area contributed by atoms with Crippen molar-refractivity contribution in [1.82, 2.24) is 20.5 Å². The summed E-state index contributed by atoms with van der Waals surface area (Å²) in [7, 11) is 0. The van der Waals surface area contributed by atoms with Crippen molar-refractivity contribution in [3.05, 3.63) is 39.7 Å². The Morgan fingerprint density at radius 1 is 1.31 bits per heavy atom. The minimum absolute atomic E-state index is 0. The van der Waals surface area contributed by atoms with Crippen LogP contribution in [-0.4, -0.2) is 48.6 Å². The highest BCUT2D eigenvalue weighted by Gasteiger charge is 2.25. The fourth-order valence-corrected chi connectivity index (χ4v) is 4.67. The molecule has 2 N–H and O–H groups in total. The number of guanidine groups is 1. The van der Waals surface area contributed by atoms with Crippen LogP contribution < -0.4 is 10.6 Å². The molecule has 1 aliphatic rings. The molecular formula is C21H34IN5OS. The summed E-state index contributed by atoms with van der Waals surface area (Å²) < 4.78 is 5.70. The third kappa shape index (κ3) is 6.96. The first-order valence-electron chi connectivity index (χ1n) is 10.5. The average Bonchev–Trinajstić information content (AvgIpc) is 3.44. The van der Waals surface area contributed by atoms with Gasteiger partial charge in [-0.25, -0.2) is 4.98 Å². The summed E-state index contributed by atoms with van der Waals surface area (Å²) in [6.07, 6.45) is 6.19. The van der Waals surface area contributed by atoms with E-state index < -0.39 is 0 Å². The minimum Gasteiger partial charge on any atom is -0.468 e. The molecule has 162 valence electrons. The maximum absolute atomic E-state index is 5.70. The van der Waals surface area contributed by atoms with Crippen LogP contribution in [0.15, 0.2) is 27.8 Å². The Labute approximate surface area is 195 Å². The SMILES string of the molecule is CCNC(=NCC(c1ccco1)N1CCCC1)NCCc1nc(CC)c(C)s1.I. The fourth-order valence-electron chi connectivity index (χ4n) is 3.65. The highest BCUT2D eigenvalue weighted by atomic mass is 127. The molecule has 0 spiro atoms. The van der Waals surface area contributed by atoms with Gasteiger partial charge >= 0.3 is 0 Å². The van der Waals surface area contributed by atoms with Crippen molar-refractivity contribution < 1.29 is 4.42 Å². The van der Waals surface area contributed by atoms with Crippen LogP contribution in [0.5, 0.6) is 0 Å². The van der Waals surface area contributed by atoms with Crippen molar-refractivity contribution in [2.75, 3.05) is 32.7 Å². The second kappa shape index (κ2) is 12.5. The molecule has 1 unspecified atom stereocenters. The molecular weight excluding hydrogens is 497 g/mol. The number of aromatic nitrogens is 1. The van der Waals surface area contributed by atoms with E-state index in [1.807, 2.05) is 6.07 Å². The molecule has 0 saturated carbocycles. The van der Waals surface area contributed by atoms with Crippen molar-refractivity contribution in [1.29, 1.82) is 0 Å².